The van der Waals surface area contributed by atoms with Crippen molar-refractivity contribution in [3.63, 3.8) is 0 Å². The molecule has 0 spiro atoms. The van der Waals surface area contributed by atoms with Crippen LogP contribution in [0.2, 0.25) is 0 Å². The number of benzene rings is 1. The molecule has 0 saturated carbocycles. The highest BCUT2D eigenvalue weighted by Gasteiger charge is 2.50. The van der Waals surface area contributed by atoms with E-state index < -0.39 is 17.4 Å². The summed E-state index contributed by atoms with van der Waals surface area (Å²) in [6.07, 6.45) is -0.586. The van der Waals surface area contributed by atoms with Gasteiger partial charge in [-0.15, -0.1) is 0 Å². The standard InChI is InChI=1S/C22H35NO7/c1-21(2,3)30-20(24)12-19(23-15-8-10-16(27-7)11-9-15)22(4)28-17(13-25-5)18(29-22)14-26-6/h8-11,17-19,23H,12-14H2,1-7H3/t17-,18-,19-/m0/s1. The van der Waals surface area contributed by atoms with E-state index in [-0.39, 0.29) is 24.6 Å². The minimum Gasteiger partial charge on any atom is -0.497 e. The third-order valence-electron chi connectivity index (χ3n) is 4.70. The van der Waals surface area contributed by atoms with Crippen molar-refractivity contribution in [2.45, 2.75) is 63.8 Å². The van der Waals surface area contributed by atoms with Gasteiger partial charge in [-0.1, -0.05) is 0 Å². The summed E-state index contributed by atoms with van der Waals surface area (Å²) in [6.45, 7) is 8.03. The number of rotatable bonds is 10. The van der Waals surface area contributed by atoms with Gasteiger partial charge in [-0.3, -0.25) is 4.79 Å². The molecule has 2 rings (SSSR count). The molecule has 0 aliphatic carbocycles. The Bertz CT molecular complexity index is 657. The number of hydrogen-bond donors (Lipinski definition) is 1. The third kappa shape index (κ3) is 6.84. The highest BCUT2D eigenvalue weighted by Crippen LogP contribution is 2.35. The highest BCUT2D eigenvalue weighted by atomic mass is 16.8. The maximum Gasteiger partial charge on any atom is 0.308 e. The van der Waals surface area contributed by atoms with Gasteiger partial charge in [-0.25, -0.2) is 0 Å². The molecule has 1 aliphatic heterocycles. The zero-order valence-corrected chi connectivity index (χ0v) is 19.0. The van der Waals surface area contributed by atoms with Crippen molar-refractivity contribution in [1.82, 2.24) is 0 Å². The molecule has 8 heteroatoms. The zero-order valence-electron chi connectivity index (χ0n) is 19.0. The minimum absolute atomic E-state index is 0.0548. The first-order valence-electron chi connectivity index (χ1n) is 10.1. The lowest BCUT2D eigenvalue weighted by Gasteiger charge is -2.34. The predicted molar refractivity (Wildman–Crippen MR) is 113 cm³/mol. The molecule has 30 heavy (non-hydrogen) atoms. The first kappa shape index (κ1) is 24.4. The van der Waals surface area contributed by atoms with Gasteiger partial charge in [0.2, 0.25) is 0 Å². The quantitative estimate of drug-likeness (QED) is 0.573. The van der Waals surface area contributed by atoms with Gasteiger partial charge in [0.1, 0.15) is 23.6 Å². The van der Waals surface area contributed by atoms with Crippen molar-refractivity contribution in [1.29, 1.82) is 0 Å². The Morgan fingerprint density at radius 2 is 1.60 bits per heavy atom. The largest absolute Gasteiger partial charge is 0.497 e. The van der Waals surface area contributed by atoms with E-state index in [4.69, 9.17) is 28.4 Å². The van der Waals surface area contributed by atoms with Crippen LogP contribution in [-0.2, 0) is 28.5 Å². The van der Waals surface area contributed by atoms with Crippen molar-refractivity contribution < 1.29 is 33.2 Å². The number of methoxy groups -OCH3 is 3. The Labute approximate surface area is 179 Å². The van der Waals surface area contributed by atoms with E-state index in [1.54, 1.807) is 21.3 Å². The van der Waals surface area contributed by atoms with Crippen LogP contribution in [0.4, 0.5) is 5.69 Å². The molecule has 3 atom stereocenters. The van der Waals surface area contributed by atoms with Crippen molar-refractivity contribution in [3.05, 3.63) is 24.3 Å². The summed E-state index contributed by atoms with van der Waals surface area (Å²) < 4.78 is 33.8. The van der Waals surface area contributed by atoms with Gasteiger partial charge in [-0.05, 0) is 52.0 Å². The number of carbonyl (C=O) groups excluding carboxylic acids is 1. The van der Waals surface area contributed by atoms with Crippen LogP contribution in [0.5, 0.6) is 5.75 Å². The second kappa shape index (κ2) is 10.4. The second-order valence-corrected chi connectivity index (χ2v) is 8.46. The van der Waals surface area contributed by atoms with Crippen LogP contribution >= 0.6 is 0 Å². The van der Waals surface area contributed by atoms with E-state index in [0.717, 1.165) is 11.4 Å². The van der Waals surface area contributed by atoms with E-state index in [0.29, 0.717) is 13.2 Å². The normalized spacial score (nSPS) is 21.8. The summed E-state index contributed by atoms with van der Waals surface area (Å²) >= 11 is 0. The van der Waals surface area contributed by atoms with Crippen LogP contribution in [0.3, 0.4) is 0 Å². The van der Waals surface area contributed by atoms with Crippen LogP contribution in [0.1, 0.15) is 34.1 Å². The third-order valence-corrected chi connectivity index (χ3v) is 4.70. The van der Waals surface area contributed by atoms with E-state index in [2.05, 4.69) is 5.32 Å². The summed E-state index contributed by atoms with van der Waals surface area (Å²) in [4.78, 5) is 12.6. The van der Waals surface area contributed by atoms with E-state index in [1.165, 1.54) is 0 Å². The molecule has 1 aromatic rings. The summed E-state index contributed by atoms with van der Waals surface area (Å²) in [5, 5.41) is 3.37. The van der Waals surface area contributed by atoms with Crippen LogP contribution in [0.25, 0.3) is 0 Å². The molecule has 0 amide bonds. The SMILES string of the molecule is COC[C@@H]1OC(C)([C@H](CC(=O)OC(C)(C)C)Nc2ccc(OC)cc2)O[C@H]1COC. The summed E-state index contributed by atoms with van der Waals surface area (Å²) in [7, 11) is 4.83. The van der Waals surface area contributed by atoms with Gasteiger partial charge >= 0.3 is 5.97 Å². The molecule has 8 nitrogen and oxygen atoms in total. The van der Waals surface area contributed by atoms with Crippen LogP contribution < -0.4 is 10.1 Å². The van der Waals surface area contributed by atoms with Gasteiger partial charge in [0.25, 0.3) is 0 Å². The number of ether oxygens (including phenoxy) is 6. The van der Waals surface area contributed by atoms with Crippen molar-refractivity contribution >= 4 is 11.7 Å². The lowest BCUT2D eigenvalue weighted by molar-refractivity contribution is -0.186. The van der Waals surface area contributed by atoms with Gasteiger partial charge in [0.05, 0.1) is 32.8 Å². The molecule has 1 aliphatic rings. The number of hydrogen-bond acceptors (Lipinski definition) is 8. The van der Waals surface area contributed by atoms with Gasteiger partial charge in [0, 0.05) is 19.9 Å². The van der Waals surface area contributed by atoms with E-state index in [1.807, 2.05) is 52.0 Å². The van der Waals surface area contributed by atoms with E-state index >= 15 is 0 Å². The molecule has 1 aromatic carbocycles. The van der Waals surface area contributed by atoms with Crippen molar-refractivity contribution in [3.8, 4) is 5.75 Å². The Morgan fingerprint density at radius 3 is 2.03 bits per heavy atom. The van der Waals surface area contributed by atoms with Crippen LogP contribution in [0, 0.1) is 0 Å². The average molecular weight is 426 g/mol. The lowest BCUT2D eigenvalue weighted by atomic mass is 10.0. The number of nitrogens with one attached hydrogen (secondary N) is 1. The molecule has 0 unspecified atom stereocenters. The van der Waals surface area contributed by atoms with Gasteiger partial charge < -0.3 is 33.7 Å². The fraction of sp³-hybridized carbons (Fsp3) is 0.682. The number of carbonyl (C=O) groups is 1. The fourth-order valence-electron chi connectivity index (χ4n) is 3.36. The highest BCUT2D eigenvalue weighted by molar-refractivity contribution is 5.71. The van der Waals surface area contributed by atoms with E-state index in [9.17, 15) is 4.79 Å². The fourth-order valence-corrected chi connectivity index (χ4v) is 3.36. The Balaban J connectivity index is 2.25. The molecule has 0 radical (unpaired) electrons. The topological polar surface area (TPSA) is 84.5 Å². The maximum atomic E-state index is 12.6. The van der Waals surface area contributed by atoms with Gasteiger partial charge in [-0.2, -0.15) is 0 Å². The first-order valence-corrected chi connectivity index (χ1v) is 10.1. The van der Waals surface area contributed by atoms with Crippen molar-refractivity contribution in [2.24, 2.45) is 0 Å². The molecular formula is C22H35NO7. The summed E-state index contributed by atoms with van der Waals surface area (Å²) in [6, 6.07) is 6.92. The molecule has 170 valence electrons. The predicted octanol–water partition coefficient (Wildman–Crippen LogP) is 3.00. The molecule has 0 aromatic heterocycles. The first-order chi connectivity index (χ1) is 14.1. The zero-order chi connectivity index (χ0) is 22.4. The monoisotopic (exact) mass is 425 g/mol. The average Bonchev–Trinajstić information content (AvgIpc) is 2.97. The maximum absolute atomic E-state index is 12.6. The smallest absolute Gasteiger partial charge is 0.308 e. The van der Waals surface area contributed by atoms with Gasteiger partial charge in [0.15, 0.2) is 5.79 Å². The van der Waals surface area contributed by atoms with Crippen LogP contribution in [0.15, 0.2) is 24.3 Å². The number of anilines is 1. The molecular weight excluding hydrogens is 390 g/mol. The molecule has 0 bridgehead atoms. The Kier molecular flexibility index (Phi) is 8.49. The number of esters is 1. The summed E-state index contributed by atoms with van der Waals surface area (Å²) in [5.74, 6) is -0.701. The second-order valence-electron chi connectivity index (χ2n) is 8.46. The molecule has 1 fully saturated rings. The lowest BCUT2D eigenvalue weighted by Crippen LogP contribution is -2.48. The summed E-state index contributed by atoms with van der Waals surface area (Å²) in [5.41, 5.74) is 0.216. The van der Waals surface area contributed by atoms with Crippen LogP contribution in [-0.4, -0.2) is 70.2 Å². The minimum atomic E-state index is -1.09. The Hall–Kier alpha value is -1.87. The van der Waals surface area contributed by atoms with Crippen molar-refractivity contribution in [2.75, 3.05) is 39.9 Å². The molecule has 1 heterocycles. The molecule has 1 N–H and O–H groups in total. The molecule has 1 saturated heterocycles. The Morgan fingerprint density at radius 1 is 1.07 bits per heavy atom.